The molecule has 13 heavy (non-hydrogen) atoms. The highest BCUT2D eigenvalue weighted by molar-refractivity contribution is 5.77. The Balaban J connectivity index is 1.94. The Hall–Kier alpha value is -0.610. The first-order valence-electron chi connectivity index (χ1n) is 5.04. The number of hydrogen-bond acceptors (Lipinski definition) is 3. The van der Waals surface area contributed by atoms with Crippen LogP contribution in [0.3, 0.4) is 0 Å². The molecule has 0 aromatic rings. The van der Waals surface area contributed by atoms with Gasteiger partial charge >= 0.3 is 0 Å². The lowest BCUT2D eigenvalue weighted by Crippen LogP contribution is -2.60. The molecule has 0 saturated carbocycles. The molecule has 0 aromatic carbocycles. The molecular weight excluding hydrogens is 166 g/mol. The van der Waals surface area contributed by atoms with Crippen LogP contribution >= 0.6 is 0 Å². The van der Waals surface area contributed by atoms with E-state index in [9.17, 15) is 4.79 Å². The molecule has 2 aliphatic heterocycles. The third-order valence-corrected chi connectivity index (χ3v) is 2.83. The van der Waals surface area contributed by atoms with Gasteiger partial charge in [-0.3, -0.25) is 10.1 Å². The third-order valence-electron chi connectivity index (χ3n) is 2.83. The van der Waals surface area contributed by atoms with Gasteiger partial charge in [-0.25, -0.2) is 0 Å². The highest BCUT2D eigenvalue weighted by Crippen LogP contribution is 2.14. The summed E-state index contributed by atoms with van der Waals surface area (Å²) in [6.07, 6.45) is 3.16. The number of hydrogen-bond donors (Lipinski definition) is 3. The van der Waals surface area contributed by atoms with Crippen molar-refractivity contribution in [2.75, 3.05) is 6.54 Å². The molecule has 3 unspecified atom stereocenters. The van der Waals surface area contributed by atoms with Gasteiger partial charge in [-0.2, -0.15) is 0 Å². The fraction of sp³-hybridized carbons (Fsp3) is 0.889. The first-order chi connectivity index (χ1) is 6.25. The number of amides is 1. The van der Waals surface area contributed by atoms with Crippen molar-refractivity contribution in [3.63, 3.8) is 0 Å². The fourth-order valence-corrected chi connectivity index (χ4v) is 2.24. The van der Waals surface area contributed by atoms with Gasteiger partial charge in [0, 0.05) is 18.5 Å². The minimum atomic E-state index is 0.119. The summed E-state index contributed by atoms with van der Waals surface area (Å²) in [7, 11) is 0. The Morgan fingerprint density at radius 1 is 1.38 bits per heavy atom. The summed E-state index contributed by atoms with van der Waals surface area (Å²) >= 11 is 0. The van der Waals surface area contributed by atoms with E-state index in [1.165, 1.54) is 12.8 Å². The van der Waals surface area contributed by atoms with Crippen molar-refractivity contribution in [2.24, 2.45) is 0 Å². The Bertz CT molecular complexity index is 201. The molecule has 2 heterocycles. The minimum Gasteiger partial charge on any atom is -0.341 e. The Kier molecular flexibility index (Phi) is 2.51. The lowest BCUT2D eigenvalue weighted by atomic mass is 10.0. The Labute approximate surface area is 78.5 Å². The number of carbonyl (C=O) groups is 1. The van der Waals surface area contributed by atoms with E-state index in [1.54, 1.807) is 0 Å². The maximum atomic E-state index is 11.3. The van der Waals surface area contributed by atoms with Crippen molar-refractivity contribution in [3.8, 4) is 0 Å². The van der Waals surface area contributed by atoms with E-state index in [-0.39, 0.29) is 12.1 Å². The third kappa shape index (κ3) is 2.00. The van der Waals surface area contributed by atoms with E-state index in [0.29, 0.717) is 18.5 Å². The summed E-state index contributed by atoms with van der Waals surface area (Å²) in [4.78, 5) is 11.3. The summed E-state index contributed by atoms with van der Waals surface area (Å²) in [5.74, 6) is 0.171. The molecule has 2 rings (SSSR count). The van der Waals surface area contributed by atoms with Crippen LogP contribution in [0.4, 0.5) is 0 Å². The number of carbonyl (C=O) groups excluding carboxylic acids is 1. The zero-order chi connectivity index (χ0) is 9.26. The summed E-state index contributed by atoms with van der Waals surface area (Å²) < 4.78 is 0. The highest BCUT2D eigenvalue weighted by atomic mass is 16.2. The predicted octanol–water partition coefficient (Wildman–Crippen LogP) is -0.437. The molecule has 2 fully saturated rings. The molecular formula is C9H17N3O. The topological polar surface area (TPSA) is 53.2 Å². The van der Waals surface area contributed by atoms with Crippen molar-refractivity contribution >= 4 is 5.91 Å². The maximum absolute atomic E-state index is 11.3. The lowest BCUT2D eigenvalue weighted by Gasteiger charge is -2.33. The average Bonchev–Trinajstić information content (AvgIpc) is 2.53. The molecule has 0 spiro atoms. The zero-order valence-electron chi connectivity index (χ0n) is 7.97. The first-order valence-corrected chi connectivity index (χ1v) is 5.04. The lowest BCUT2D eigenvalue weighted by molar-refractivity contribution is -0.124. The van der Waals surface area contributed by atoms with Gasteiger partial charge in [-0.1, -0.05) is 0 Å². The molecule has 2 aliphatic rings. The molecule has 3 atom stereocenters. The molecule has 74 valence electrons. The second-order valence-electron chi connectivity index (χ2n) is 3.97. The van der Waals surface area contributed by atoms with E-state index >= 15 is 0 Å². The van der Waals surface area contributed by atoms with Gasteiger partial charge in [-0.05, 0) is 26.3 Å². The molecule has 4 heteroatoms. The second kappa shape index (κ2) is 3.64. The minimum absolute atomic E-state index is 0.119. The van der Waals surface area contributed by atoms with E-state index in [0.717, 1.165) is 6.54 Å². The molecule has 1 amide bonds. The van der Waals surface area contributed by atoms with Gasteiger partial charge in [0.25, 0.3) is 0 Å². The largest absolute Gasteiger partial charge is 0.341 e. The van der Waals surface area contributed by atoms with Crippen molar-refractivity contribution in [1.29, 1.82) is 0 Å². The summed E-state index contributed by atoms with van der Waals surface area (Å²) in [5, 5.41) is 9.67. The number of rotatable bonds is 1. The Morgan fingerprint density at radius 3 is 2.85 bits per heavy atom. The van der Waals surface area contributed by atoms with Gasteiger partial charge in [-0.15, -0.1) is 0 Å². The van der Waals surface area contributed by atoms with Crippen LogP contribution in [0.1, 0.15) is 26.2 Å². The van der Waals surface area contributed by atoms with E-state index in [2.05, 4.69) is 16.0 Å². The van der Waals surface area contributed by atoms with E-state index in [1.807, 2.05) is 6.92 Å². The van der Waals surface area contributed by atoms with Crippen LogP contribution in [-0.2, 0) is 4.79 Å². The summed E-state index contributed by atoms with van der Waals surface area (Å²) in [6.45, 7) is 3.08. The van der Waals surface area contributed by atoms with Gasteiger partial charge < -0.3 is 10.6 Å². The van der Waals surface area contributed by atoms with Crippen molar-refractivity contribution in [1.82, 2.24) is 16.0 Å². The van der Waals surface area contributed by atoms with E-state index < -0.39 is 0 Å². The van der Waals surface area contributed by atoms with E-state index in [4.69, 9.17) is 0 Å². The monoisotopic (exact) mass is 183 g/mol. The van der Waals surface area contributed by atoms with Crippen molar-refractivity contribution in [2.45, 2.75) is 44.4 Å². The van der Waals surface area contributed by atoms with Gasteiger partial charge in [0.1, 0.15) is 0 Å². The summed E-state index contributed by atoms with van der Waals surface area (Å²) in [5.41, 5.74) is 0. The van der Waals surface area contributed by atoms with Crippen LogP contribution in [0.15, 0.2) is 0 Å². The quantitative estimate of drug-likeness (QED) is 0.517. The van der Waals surface area contributed by atoms with Gasteiger partial charge in [0.05, 0.1) is 6.17 Å². The first kappa shape index (κ1) is 8.97. The van der Waals surface area contributed by atoms with Crippen LogP contribution < -0.4 is 16.0 Å². The molecule has 0 aliphatic carbocycles. The standard InChI is InChI=1S/C9H17N3O/c1-6-11-8(5-9(13)12-6)7-3-2-4-10-7/h6-8,10-11H,2-5H2,1H3,(H,12,13). The van der Waals surface area contributed by atoms with Crippen molar-refractivity contribution in [3.05, 3.63) is 0 Å². The molecule has 2 saturated heterocycles. The average molecular weight is 183 g/mol. The van der Waals surface area contributed by atoms with Crippen molar-refractivity contribution < 1.29 is 4.79 Å². The predicted molar refractivity (Wildman–Crippen MR) is 50.2 cm³/mol. The second-order valence-corrected chi connectivity index (χ2v) is 3.97. The van der Waals surface area contributed by atoms with Crippen LogP contribution in [0.2, 0.25) is 0 Å². The smallest absolute Gasteiger partial charge is 0.222 e. The molecule has 0 aromatic heterocycles. The Morgan fingerprint density at radius 2 is 2.23 bits per heavy atom. The molecule has 4 nitrogen and oxygen atoms in total. The normalized spacial score (nSPS) is 40.4. The molecule has 0 radical (unpaired) electrons. The highest BCUT2D eigenvalue weighted by Gasteiger charge is 2.30. The van der Waals surface area contributed by atoms with Crippen LogP contribution in [0.25, 0.3) is 0 Å². The van der Waals surface area contributed by atoms with Crippen LogP contribution in [0, 0.1) is 0 Å². The zero-order valence-corrected chi connectivity index (χ0v) is 7.97. The molecule has 0 bridgehead atoms. The maximum Gasteiger partial charge on any atom is 0.222 e. The fourth-order valence-electron chi connectivity index (χ4n) is 2.24. The van der Waals surface area contributed by atoms with Gasteiger partial charge in [0.2, 0.25) is 5.91 Å². The SMILES string of the molecule is CC1NC(=O)CC(C2CCCN2)N1. The molecule has 3 N–H and O–H groups in total. The summed E-state index contributed by atoms with van der Waals surface area (Å²) in [6, 6.07) is 0.819. The van der Waals surface area contributed by atoms with Crippen LogP contribution in [-0.4, -0.2) is 30.7 Å². The van der Waals surface area contributed by atoms with Gasteiger partial charge in [0.15, 0.2) is 0 Å². The van der Waals surface area contributed by atoms with Crippen LogP contribution in [0.5, 0.6) is 0 Å². The number of nitrogens with one attached hydrogen (secondary N) is 3.